The van der Waals surface area contributed by atoms with Crippen LogP contribution in [-0.4, -0.2) is 29.0 Å². The van der Waals surface area contributed by atoms with E-state index in [4.69, 9.17) is 4.74 Å². The number of para-hydroxylation sites is 1. The highest BCUT2D eigenvalue weighted by Gasteiger charge is 2.37. The third-order valence-electron chi connectivity index (χ3n) is 6.79. The Kier molecular flexibility index (Phi) is 6.63. The number of ether oxygens (including phenoxy) is 1. The smallest absolute Gasteiger partial charge is 0.416 e. The van der Waals surface area contributed by atoms with Crippen molar-refractivity contribution in [3.63, 3.8) is 0 Å². The topological polar surface area (TPSA) is 51.5 Å². The minimum absolute atomic E-state index is 0.0287. The molecule has 1 aliphatic rings. The summed E-state index contributed by atoms with van der Waals surface area (Å²) in [5, 5.41) is 0.552. The Morgan fingerprint density at radius 2 is 1.57 bits per heavy atom. The molecule has 3 aromatic carbocycles. The second kappa shape index (κ2) is 9.72. The van der Waals surface area contributed by atoms with Crippen molar-refractivity contribution in [2.24, 2.45) is 0 Å². The quantitative estimate of drug-likeness (QED) is 0.262. The van der Waals surface area contributed by atoms with Crippen molar-refractivity contribution in [3.05, 3.63) is 98.8 Å². The number of nitrogens with zero attached hydrogens (tertiary/aromatic N) is 2. The summed E-state index contributed by atoms with van der Waals surface area (Å²) >= 11 is 0. The van der Waals surface area contributed by atoms with Crippen molar-refractivity contribution >= 4 is 16.8 Å². The van der Waals surface area contributed by atoms with Crippen LogP contribution in [0, 0.1) is 6.92 Å². The Balaban J connectivity index is 1.66. The van der Waals surface area contributed by atoms with E-state index in [2.05, 4.69) is 0 Å². The van der Waals surface area contributed by atoms with Crippen LogP contribution in [0.4, 0.5) is 26.3 Å². The van der Waals surface area contributed by atoms with E-state index in [-0.39, 0.29) is 30.3 Å². The summed E-state index contributed by atoms with van der Waals surface area (Å²) in [5.41, 5.74) is -1.93. The Hall–Kier alpha value is -4.28. The minimum atomic E-state index is -5.03. The molecule has 0 bridgehead atoms. The predicted molar refractivity (Wildman–Crippen MR) is 136 cm³/mol. The van der Waals surface area contributed by atoms with Gasteiger partial charge >= 0.3 is 12.4 Å². The van der Waals surface area contributed by atoms with Crippen LogP contribution in [0.3, 0.4) is 0 Å². The number of amides is 1. The molecule has 40 heavy (non-hydrogen) atoms. The van der Waals surface area contributed by atoms with Gasteiger partial charge in [0.25, 0.3) is 11.5 Å². The molecule has 11 heteroatoms. The minimum Gasteiger partial charge on any atom is -0.490 e. The number of carbonyl (C=O) groups excluding carboxylic acids is 1. The first-order valence-electron chi connectivity index (χ1n) is 12.2. The van der Waals surface area contributed by atoms with E-state index >= 15 is 0 Å². The van der Waals surface area contributed by atoms with Crippen LogP contribution in [0.15, 0.2) is 65.5 Å². The summed E-state index contributed by atoms with van der Waals surface area (Å²) < 4.78 is 87.5. The van der Waals surface area contributed by atoms with Gasteiger partial charge in [0, 0.05) is 24.5 Å². The van der Waals surface area contributed by atoms with Crippen molar-refractivity contribution in [3.8, 4) is 16.9 Å². The fourth-order valence-corrected chi connectivity index (χ4v) is 4.92. The highest BCUT2D eigenvalue weighted by molar-refractivity contribution is 6.09. The molecule has 5 rings (SSSR count). The predicted octanol–water partition coefficient (Wildman–Crippen LogP) is 6.68. The van der Waals surface area contributed by atoms with Crippen LogP contribution in [0.1, 0.15) is 32.6 Å². The number of alkyl halides is 6. The van der Waals surface area contributed by atoms with E-state index in [0.717, 1.165) is 10.5 Å². The lowest BCUT2D eigenvalue weighted by atomic mass is 9.94. The molecule has 0 aliphatic carbocycles. The molecule has 1 aliphatic heterocycles. The molecule has 5 nitrogen and oxygen atoms in total. The van der Waals surface area contributed by atoms with E-state index in [1.165, 1.54) is 11.6 Å². The number of halogens is 6. The van der Waals surface area contributed by atoms with Gasteiger partial charge in [-0.15, -0.1) is 0 Å². The summed E-state index contributed by atoms with van der Waals surface area (Å²) in [4.78, 5) is 28.6. The number of hydrogen-bond donors (Lipinski definition) is 0. The highest BCUT2D eigenvalue weighted by Crippen LogP contribution is 2.38. The van der Waals surface area contributed by atoms with Gasteiger partial charge in [-0.05, 0) is 42.3 Å². The van der Waals surface area contributed by atoms with Crippen LogP contribution in [0.2, 0.25) is 0 Å². The van der Waals surface area contributed by atoms with Crippen LogP contribution < -0.4 is 10.3 Å². The molecule has 0 fully saturated rings. The largest absolute Gasteiger partial charge is 0.490 e. The molecule has 2 heterocycles. The third-order valence-corrected chi connectivity index (χ3v) is 6.79. The number of carbonyl (C=O) groups is 1. The molecular formula is C29H22F6N2O3. The average Bonchev–Trinajstić information content (AvgIpc) is 2.89. The Morgan fingerprint density at radius 3 is 2.17 bits per heavy atom. The first-order valence-corrected chi connectivity index (χ1v) is 12.2. The zero-order chi connectivity index (χ0) is 29.0. The molecule has 0 saturated heterocycles. The van der Waals surface area contributed by atoms with Crippen LogP contribution in [-0.2, 0) is 25.4 Å². The number of hydrogen-bond acceptors (Lipinski definition) is 3. The molecular weight excluding hydrogens is 538 g/mol. The lowest BCUT2D eigenvalue weighted by Gasteiger charge is -2.25. The molecule has 0 spiro atoms. The van der Waals surface area contributed by atoms with E-state index in [1.54, 1.807) is 42.5 Å². The first-order chi connectivity index (χ1) is 18.8. The van der Waals surface area contributed by atoms with E-state index in [9.17, 15) is 35.9 Å². The molecule has 0 radical (unpaired) electrons. The molecule has 1 amide bonds. The second-order valence-electron chi connectivity index (χ2n) is 9.65. The van der Waals surface area contributed by atoms with Gasteiger partial charge in [-0.2, -0.15) is 26.3 Å². The highest BCUT2D eigenvalue weighted by atomic mass is 19.4. The molecule has 208 valence electrons. The fourth-order valence-electron chi connectivity index (χ4n) is 4.92. The summed E-state index contributed by atoms with van der Waals surface area (Å²) in [7, 11) is 1.23. The Labute approximate surface area is 224 Å². The zero-order valence-corrected chi connectivity index (χ0v) is 21.3. The van der Waals surface area contributed by atoms with Crippen molar-refractivity contribution in [2.45, 2.75) is 32.4 Å². The van der Waals surface area contributed by atoms with Gasteiger partial charge in [0.05, 0.1) is 23.2 Å². The maximum atomic E-state index is 13.8. The first kappa shape index (κ1) is 27.3. The van der Waals surface area contributed by atoms with Gasteiger partial charge < -0.3 is 14.2 Å². The monoisotopic (exact) mass is 560 g/mol. The molecule has 0 atom stereocenters. The van der Waals surface area contributed by atoms with E-state index in [0.29, 0.717) is 39.9 Å². The van der Waals surface area contributed by atoms with Crippen molar-refractivity contribution < 1.29 is 35.9 Å². The summed E-state index contributed by atoms with van der Waals surface area (Å²) in [6.07, 6.45) is -10.1. The molecule has 0 saturated carbocycles. The van der Waals surface area contributed by atoms with Crippen molar-refractivity contribution in [2.75, 3.05) is 13.7 Å². The number of rotatable bonds is 4. The lowest BCUT2D eigenvalue weighted by molar-refractivity contribution is -0.143. The van der Waals surface area contributed by atoms with Crippen LogP contribution in [0.25, 0.3) is 22.0 Å². The normalized spacial score (nSPS) is 13.3. The molecule has 0 N–H and O–H groups in total. The molecule has 0 unspecified atom stereocenters. The number of benzene rings is 3. The lowest BCUT2D eigenvalue weighted by Crippen LogP contribution is -2.37. The van der Waals surface area contributed by atoms with Crippen LogP contribution in [0.5, 0.6) is 5.75 Å². The third kappa shape index (κ3) is 4.91. The molecule has 4 aromatic rings. The van der Waals surface area contributed by atoms with Crippen molar-refractivity contribution in [1.82, 2.24) is 9.47 Å². The van der Waals surface area contributed by atoms with Gasteiger partial charge in [0.15, 0.2) is 0 Å². The van der Waals surface area contributed by atoms with Gasteiger partial charge in [-0.1, -0.05) is 42.0 Å². The van der Waals surface area contributed by atoms with Gasteiger partial charge in [-0.25, -0.2) is 0 Å². The fraction of sp³-hybridized carbons (Fsp3) is 0.241. The zero-order valence-electron chi connectivity index (χ0n) is 21.3. The Morgan fingerprint density at radius 1 is 0.950 bits per heavy atom. The van der Waals surface area contributed by atoms with Crippen molar-refractivity contribution in [1.29, 1.82) is 0 Å². The van der Waals surface area contributed by atoms with Gasteiger partial charge in [0.2, 0.25) is 0 Å². The standard InChI is InChI=1S/C29H22F6N2O3/c1-16-6-8-18(9-7-16)23-21-4-3-5-22-25(21)37(10-11-40-22)27(39)24(23)26(38)36(2)15-17-12-19(28(30,31)32)14-20(13-17)29(33,34)35/h3-9,12-14H,10-11,15H2,1-2H3. The summed E-state index contributed by atoms with van der Waals surface area (Å²) in [6, 6.07) is 13.4. The van der Waals surface area contributed by atoms with Crippen LogP contribution >= 0.6 is 0 Å². The SMILES string of the molecule is Cc1ccc(-c2c(C(=O)N(C)Cc3cc(C(F)(F)F)cc(C(F)(F)F)c3)c(=O)n3c4c(cccc24)OCC3)cc1. The number of pyridine rings is 1. The van der Waals surface area contributed by atoms with E-state index < -0.39 is 41.5 Å². The average molecular weight is 560 g/mol. The maximum absolute atomic E-state index is 13.8. The second-order valence-corrected chi connectivity index (χ2v) is 9.65. The van der Waals surface area contributed by atoms with Gasteiger partial charge in [-0.3, -0.25) is 9.59 Å². The number of aryl methyl sites for hydroxylation is 1. The van der Waals surface area contributed by atoms with Gasteiger partial charge in [0.1, 0.15) is 17.9 Å². The maximum Gasteiger partial charge on any atom is 0.416 e. The molecule has 1 aromatic heterocycles. The summed E-state index contributed by atoms with van der Waals surface area (Å²) in [5.74, 6) is -0.376. The Bertz CT molecular complexity index is 1660. The number of aromatic nitrogens is 1. The summed E-state index contributed by atoms with van der Waals surface area (Å²) in [6.45, 7) is 1.62. The van der Waals surface area contributed by atoms with E-state index in [1.807, 2.05) is 6.92 Å².